The number of carbonyl (C=O) groups is 2. The van der Waals surface area contributed by atoms with Crippen LogP contribution < -0.4 is 10.2 Å². The number of hydrogen-bond acceptors (Lipinski definition) is 3. The van der Waals surface area contributed by atoms with Gasteiger partial charge in [0.25, 0.3) is 0 Å². The van der Waals surface area contributed by atoms with Gasteiger partial charge >= 0.3 is 0 Å². The summed E-state index contributed by atoms with van der Waals surface area (Å²) in [6, 6.07) is 7.52. The second-order valence-corrected chi connectivity index (χ2v) is 5.74. The monoisotopic (exact) mass is 287 g/mol. The molecule has 2 amide bonds. The summed E-state index contributed by atoms with van der Waals surface area (Å²) in [6.45, 7) is 4.27. The molecule has 0 saturated carbocycles. The van der Waals surface area contributed by atoms with Gasteiger partial charge in [-0.3, -0.25) is 9.59 Å². The number of nitrogens with one attached hydrogen (secondary N) is 1. The lowest BCUT2D eigenvalue weighted by Gasteiger charge is -2.26. The topological polar surface area (TPSA) is 52.7 Å². The fourth-order valence-corrected chi connectivity index (χ4v) is 2.99. The molecule has 2 aliphatic heterocycles. The van der Waals surface area contributed by atoms with Crippen LogP contribution in [0.15, 0.2) is 24.3 Å². The molecule has 2 heterocycles. The van der Waals surface area contributed by atoms with Gasteiger partial charge in [0.05, 0.1) is 6.04 Å². The first-order chi connectivity index (χ1) is 10.2. The van der Waals surface area contributed by atoms with Crippen molar-refractivity contribution in [1.29, 1.82) is 0 Å². The molecule has 0 aliphatic carbocycles. The van der Waals surface area contributed by atoms with Crippen LogP contribution in [0.3, 0.4) is 0 Å². The van der Waals surface area contributed by atoms with Gasteiger partial charge in [0.2, 0.25) is 11.8 Å². The highest BCUT2D eigenvalue weighted by molar-refractivity contribution is 6.02. The van der Waals surface area contributed by atoms with Crippen LogP contribution in [-0.2, 0) is 16.1 Å². The van der Waals surface area contributed by atoms with Crippen LogP contribution in [0.1, 0.15) is 25.3 Å². The normalized spacial score (nSPS) is 22.1. The minimum absolute atomic E-state index is 0.0347. The largest absolute Gasteiger partial charge is 0.341 e. The lowest BCUT2D eigenvalue weighted by atomic mass is 10.1. The first-order valence-electron chi connectivity index (χ1n) is 7.57. The smallest absolute Gasteiger partial charge is 0.244 e. The molecule has 0 radical (unpaired) electrons. The molecule has 0 spiro atoms. The second-order valence-electron chi connectivity index (χ2n) is 5.74. The minimum Gasteiger partial charge on any atom is -0.341 e. The Morgan fingerprint density at radius 1 is 1.29 bits per heavy atom. The Morgan fingerprint density at radius 2 is 2.00 bits per heavy atom. The quantitative estimate of drug-likeness (QED) is 0.887. The number of likely N-dealkylation sites (tertiary alicyclic amines) is 1. The van der Waals surface area contributed by atoms with E-state index in [1.54, 1.807) is 4.90 Å². The number of fused-ring (bicyclic) bond motifs is 1. The molecule has 1 aromatic rings. The number of carbonyl (C=O) groups excluding carboxylic acids is 2. The maximum Gasteiger partial charge on any atom is 0.244 e. The molecule has 1 atom stereocenters. The van der Waals surface area contributed by atoms with Crippen LogP contribution in [0.5, 0.6) is 0 Å². The summed E-state index contributed by atoms with van der Waals surface area (Å²) in [6.07, 6.45) is 2.13. The van der Waals surface area contributed by atoms with Gasteiger partial charge in [0, 0.05) is 25.3 Å². The molecule has 1 fully saturated rings. The van der Waals surface area contributed by atoms with Crippen LogP contribution in [0.4, 0.5) is 5.69 Å². The third kappa shape index (κ3) is 2.78. The zero-order valence-electron chi connectivity index (χ0n) is 12.3. The Kier molecular flexibility index (Phi) is 3.92. The van der Waals surface area contributed by atoms with Gasteiger partial charge in [-0.2, -0.15) is 0 Å². The number of para-hydroxylation sites is 1. The minimum atomic E-state index is -0.274. The van der Waals surface area contributed by atoms with Gasteiger partial charge in [0.1, 0.15) is 6.54 Å². The first kappa shape index (κ1) is 14.1. The summed E-state index contributed by atoms with van der Waals surface area (Å²) in [5.41, 5.74) is 1.91. The van der Waals surface area contributed by atoms with Crippen molar-refractivity contribution in [2.45, 2.75) is 32.4 Å². The van der Waals surface area contributed by atoms with E-state index in [4.69, 9.17) is 0 Å². The third-order valence-corrected chi connectivity index (χ3v) is 4.27. The standard InChI is InChI=1S/C16H21N3O2/c1-12-16(21)19(11-15(20)18-8-4-5-9-18)14-7-3-2-6-13(14)10-17-12/h2-3,6-7,12,17H,4-5,8-11H2,1H3. The van der Waals surface area contributed by atoms with E-state index in [1.807, 2.05) is 36.1 Å². The van der Waals surface area contributed by atoms with Crippen LogP contribution in [0, 0.1) is 0 Å². The number of hydrogen-bond donors (Lipinski definition) is 1. The van der Waals surface area contributed by atoms with Crippen molar-refractivity contribution in [3.8, 4) is 0 Å². The molecule has 21 heavy (non-hydrogen) atoms. The molecule has 1 saturated heterocycles. The number of benzene rings is 1. The molecule has 0 bridgehead atoms. The predicted octanol–water partition coefficient (Wildman–Crippen LogP) is 1.13. The zero-order valence-corrected chi connectivity index (χ0v) is 12.3. The summed E-state index contributed by atoms with van der Waals surface area (Å²) >= 11 is 0. The Hall–Kier alpha value is -1.88. The maximum absolute atomic E-state index is 12.6. The van der Waals surface area contributed by atoms with Crippen LogP contribution in [0.2, 0.25) is 0 Å². The van der Waals surface area contributed by atoms with Crippen molar-refractivity contribution in [3.05, 3.63) is 29.8 Å². The Labute approximate surface area is 124 Å². The van der Waals surface area contributed by atoms with E-state index in [0.717, 1.165) is 37.2 Å². The first-order valence-corrected chi connectivity index (χ1v) is 7.57. The van der Waals surface area contributed by atoms with Gasteiger partial charge in [-0.15, -0.1) is 0 Å². The summed E-state index contributed by atoms with van der Waals surface area (Å²) in [4.78, 5) is 28.5. The summed E-state index contributed by atoms with van der Waals surface area (Å²) in [5, 5.41) is 3.21. The average molecular weight is 287 g/mol. The third-order valence-electron chi connectivity index (χ3n) is 4.27. The maximum atomic E-state index is 12.6. The molecular weight excluding hydrogens is 266 g/mol. The molecule has 3 rings (SSSR count). The molecule has 1 unspecified atom stereocenters. The van der Waals surface area contributed by atoms with E-state index in [2.05, 4.69) is 5.32 Å². The molecule has 5 nitrogen and oxygen atoms in total. The molecule has 1 N–H and O–H groups in total. The lowest BCUT2D eigenvalue weighted by molar-refractivity contribution is -0.130. The average Bonchev–Trinajstić information content (AvgIpc) is 3.01. The van der Waals surface area contributed by atoms with Gasteiger partial charge in [0.15, 0.2) is 0 Å². The SMILES string of the molecule is CC1NCc2ccccc2N(CC(=O)N2CCCC2)C1=O. The Balaban J connectivity index is 1.86. The van der Waals surface area contributed by atoms with E-state index >= 15 is 0 Å². The van der Waals surface area contributed by atoms with Gasteiger partial charge in [-0.25, -0.2) is 0 Å². The van der Waals surface area contributed by atoms with Gasteiger partial charge in [-0.1, -0.05) is 18.2 Å². The molecular formula is C16H21N3O2. The number of anilines is 1. The van der Waals surface area contributed by atoms with E-state index in [9.17, 15) is 9.59 Å². The van der Waals surface area contributed by atoms with Crippen molar-refractivity contribution in [1.82, 2.24) is 10.2 Å². The molecule has 112 valence electrons. The zero-order chi connectivity index (χ0) is 14.8. The number of amides is 2. The number of nitrogens with zero attached hydrogens (tertiary/aromatic N) is 2. The number of rotatable bonds is 2. The lowest BCUT2D eigenvalue weighted by Crippen LogP contribution is -2.47. The van der Waals surface area contributed by atoms with E-state index in [-0.39, 0.29) is 24.4 Å². The van der Waals surface area contributed by atoms with Gasteiger partial charge in [-0.05, 0) is 31.4 Å². The summed E-state index contributed by atoms with van der Waals surface area (Å²) < 4.78 is 0. The van der Waals surface area contributed by atoms with Crippen molar-refractivity contribution >= 4 is 17.5 Å². The van der Waals surface area contributed by atoms with Crippen molar-refractivity contribution < 1.29 is 9.59 Å². The highest BCUT2D eigenvalue weighted by Gasteiger charge is 2.30. The summed E-state index contributed by atoms with van der Waals surface area (Å²) in [7, 11) is 0. The summed E-state index contributed by atoms with van der Waals surface area (Å²) in [5.74, 6) is 0.0113. The Morgan fingerprint density at radius 3 is 2.76 bits per heavy atom. The van der Waals surface area contributed by atoms with Gasteiger partial charge < -0.3 is 15.1 Å². The predicted molar refractivity (Wildman–Crippen MR) is 80.9 cm³/mol. The fourth-order valence-electron chi connectivity index (χ4n) is 2.99. The highest BCUT2D eigenvalue weighted by atomic mass is 16.2. The van der Waals surface area contributed by atoms with Crippen LogP contribution >= 0.6 is 0 Å². The van der Waals surface area contributed by atoms with E-state index < -0.39 is 0 Å². The highest BCUT2D eigenvalue weighted by Crippen LogP contribution is 2.24. The molecule has 1 aromatic carbocycles. The van der Waals surface area contributed by atoms with Crippen LogP contribution in [-0.4, -0.2) is 42.4 Å². The second kappa shape index (κ2) is 5.85. The van der Waals surface area contributed by atoms with E-state index in [0.29, 0.717) is 6.54 Å². The van der Waals surface area contributed by atoms with Crippen LogP contribution in [0.25, 0.3) is 0 Å². The van der Waals surface area contributed by atoms with Crippen molar-refractivity contribution in [2.75, 3.05) is 24.5 Å². The Bertz CT molecular complexity index is 552. The van der Waals surface area contributed by atoms with E-state index in [1.165, 1.54) is 0 Å². The molecule has 5 heteroatoms. The van der Waals surface area contributed by atoms with Crippen molar-refractivity contribution in [3.63, 3.8) is 0 Å². The fraction of sp³-hybridized carbons (Fsp3) is 0.500. The van der Waals surface area contributed by atoms with Crippen molar-refractivity contribution in [2.24, 2.45) is 0 Å². The molecule has 2 aliphatic rings. The molecule has 0 aromatic heterocycles.